The van der Waals surface area contributed by atoms with Gasteiger partial charge in [-0.1, -0.05) is 66.2 Å². The lowest BCUT2D eigenvalue weighted by Gasteiger charge is -2.07. The zero-order valence-electron chi connectivity index (χ0n) is 17.7. The van der Waals surface area contributed by atoms with E-state index in [9.17, 15) is 9.59 Å². The zero-order valence-corrected chi connectivity index (χ0v) is 18.4. The quantitative estimate of drug-likeness (QED) is 0.374. The van der Waals surface area contributed by atoms with Crippen molar-refractivity contribution in [2.75, 3.05) is 5.32 Å². The highest BCUT2D eigenvalue weighted by molar-refractivity contribution is 6.30. The highest BCUT2D eigenvalue weighted by atomic mass is 35.5. The largest absolute Gasteiger partial charge is 0.351 e. The van der Waals surface area contributed by atoms with Crippen molar-refractivity contribution in [2.45, 2.75) is 13.1 Å². The molecule has 1 aromatic heterocycles. The van der Waals surface area contributed by atoms with Gasteiger partial charge in [0.05, 0.1) is 12.1 Å². The molecule has 0 spiro atoms. The third-order valence-electron chi connectivity index (χ3n) is 4.99. The third kappa shape index (κ3) is 5.78. The number of benzene rings is 3. The molecule has 0 radical (unpaired) electrons. The number of carbonyl (C=O) groups excluding carboxylic acids is 2. The fourth-order valence-electron chi connectivity index (χ4n) is 3.39. The number of carbonyl (C=O) groups is 2. The first-order valence-electron chi connectivity index (χ1n) is 10.3. The lowest BCUT2D eigenvalue weighted by Crippen LogP contribution is -2.23. The number of hydrogen-bond acceptors (Lipinski definition) is 3. The molecule has 33 heavy (non-hydrogen) atoms. The van der Waals surface area contributed by atoms with Gasteiger partial charge in [0.2, 0.25) is 0 Å². The monoisotopic (exact) mass is 459 g/mol. The van der Waals surface area contributed by atoms with E-state index in [2.05, 4.69) is 15.7 Å². The summed E-state index contributed by atoms with van der Waals surface area (Å²) in [5, 5.41) is 10.7. The number of nitrogens with two attached hydrogens (primary N) is 1. The van der Waals surface area contributed by atoms with Crippen LogP contribution < -0.4 is 16.4 Å². The molecule has 4 N–H and O–H groups in total. The van der Waals surface area contributed by atoms with Crippen molar-refractivity contribution in [1.29, 1.82) is 0 Å². The van der Waals surface area contributed by atoms with Crippen molar-refractivity contribution < 1.29 is 9.59 Å². The van der Waals surface area contributed by atoms with Gasteiger partial charge in [0, 0.05) is 29.0 Å². The number of aromatic nitrogens is 2. The van der Waals surface area contributed by atoms with E-state index in [0.717, 1.165) is 16.7 Å². The van der Waals surface area contributed by atoms with E-state index in [1.54, 1.807) is 35.1 Å². The first kappa shape index (κ1) is 22.1. The van der Waals surface area contributed by atoms with Crippen molar-refractivity contribution >= 4 is 29.2 Å². The second-order valence-electron chi connectivity index (χ2n) is 7.45. The third-order valence-corrected chi connectivity index (χ3v) is 5.24. The van der Waals surface area contributed by atoms with Crippen LogP contribution in [0.1, 0.15) is 21.5 Å². The minimum absolute atomic E-state index is 0.237. The van der Waals surface area contributed by atoms with Crippen molar-refractivity contribution in [3.63, 3.8) is 0 Å². The highest BCUT2D eigenvalue weighted by Gasteiger charge is 2.18. The number of primary amides is 1. The van der Waals surface area contributed by atoms with Crippen molar-refractivity contribution in [1.82, 2.24) is 15.1 Å². The summed E-state index contributed by atoms with van der Waals surface area (Å²) >= 11 is 6.04. The van der Waals surface area contributed by atoms with Gasteiger partial charge in [-0.3, -0.25) is 9.48 Å². The molecule has 7 nitrogen and oxygen atoms in total. The van der Waals surface area contributed by atoms with Gasteiger partial charge in [-0.05, 0) is 35.4 Å². The fourth-order valence-corrected chi connectivity index (χ4v) is 3.51. The Balaban J connectivity index is 1.54. The van der Waals surface area contributed by atoms with Gasteiger partial charge < -0.3 is 16.4 Å². The second-order valence-corrected chi connectivity index (χ2v) is 7.89. The van der Waals surface area contributed by atoms with E-state index < -0.39 is 6.03 Å². The van der Waals surface area contributed by atoms with Crippen LogP contribution in [0.4, 0.5) is 10.5 Å². The van der Waals surface area contributed by atoms with E-state index in [-0.39, 0.29) is 5.91 Å². The molecule has 0 atom stereocenters. The van der Waals surface area contributed by atoms with Gasteiger partial charge in [0.25, 0.3) is 5.91 Å². The van der Waals surface area contributed by atoms with E-state index in [0.29, 0.717) is 35.1 Å². The van der Waals surface area contributed by atoms with E-state index >= 15 is 0 Å². The van der Waals surface area contributed by atoms with E-state index in [1.807, 2.05) is 54.6 Å². The van der Waals surface area contributed by atoms with Crippen LogP contribution in [0, 0.1) is 0 Å². The summed E-state index contributed by atoms with van der Waals surface area (Å²) in [7, 11) is 0. The van der Waals surface area contributed by atoms with Gasteiger partial charge in [0.15, 0.2) is 0 Å². The Morgan fingerprint density at radius 2 is 1.61 bits per heavy atom. The summed E-state index contributed by atoms with van der Waals surface area (Å²) in [6.45, 7) is 0.864. The second kappa shape index (κ2) is 10.0. The molecule has 1 heterocycles. The zero-order chi connectivity index (χ0) is 23.2. The number of anilines is 1. The molecule has 0 saturated heterocycles. The Morgan fingerprint density at radius 1 is 0.909 bits per heavy atom. The van der Waals surface area contributed by atoms with E-state index in [1.165, 1.54) is 0 Å². The summed E-state index contributed by atoms with van der Waals surface area (Å²) < 4.78 is 1.76. The Hall–Kier alpha value is -4.10. The normalized spacial score (nSPS) is 10.6. The van der Waals surface area contributed by atoms with Crippen molar-refractivity contribution in [3.8, 4) is 11.3 Å². The molecule has 0 fully saturated rings. The lowest BCUT2D eigenvalue weighted by atomic mass is 10.1. The Morgan fingerprint density at radius 3 is 2.27 bits per heavy atom. The minimum Gasteiger partial charge on any atom is -0.351 e. The lowest BCUT2D eigenvalue weighted by molar-refractivity contribution is 0.0951. The molecule has 0 aliphatic carbocycles. The number of halogens is 1. The molecule has 0 saturated carbocycles. The molecule has 3 amide bonds. The molecule has 166 valence electrons. The van der Waals surface area contributed by atoms with Gasteiger partial charge in [-0.15, -0.1) is 0 Å². The van der Waals surface area contributed by atoms with Crippen molar-refractivity contribution in [3.05, 3.63) is 107 Å². The minimum atomic E-state index is -0.627. The predicted octanol–water partition coefficient (Wildman–Crippen LogP) is 4.67. The summed E-state index contributed by atoms with van der Waals surface area (Å²) in [6.07, 6.45) is 1.76. The van der Waals surface area contributed by atoms with Gasteiger partial charge >= 0.3 is 6.03 Å². The van der Waals surface area contributed by atoms with Crippen LogP contribution >= 0.6 is 11.6 Å². The van der Waals surface area contributed by atoms with Gasteiger partial charge in [-0.2, -0.15) is 5.10 Å². The maximum atomic E-state index is 13.1. The molecular weight excluding hydrogens is 438 g/mol. The molecule has 0 unspecified atom stereocenters. The maximum absolute atomic E-state index is 13.1. The molecule has 0 aliphatic heterocycles. The maximum Gasteiger partial charge on any atom is 0.316 e. The summed E-state index contributed by atoms with van der Waals surface area (Å²) in [4.78, 5) is 24.0. The molecule has 0 aliphatic rings. The van der Waals surface area contributed by atoms with Crippen LogP contribution in [-0.2, 0) is 13.1 Å². The predicted molar refractivity (Wildman–Crippen MR) is 129 cm³/mol. The molecule has 4 aromatic rings. The number of hydrogen-bond donors (Lipinski definition) is 3. The van der Waals surface area contributed by atoms with Crippen LogP contribution in [0.5, 0.6) is 0 Å². The number of rotatable bonds is 7. The molecule has 3 aromatic carbocycles. The molecule has 4 rings (SSSR count). The van der Waals surface area contributed by atoms with Crippen LogP contribution in [0.15, 0.2) is 85.1 Å². The number of nitrogens with one attached hydrogen (secondary N) is 2. The van der Waals surface area contributed by atoms with Crippen LogP contribution in [0.25, 0.3) is 11.3 Å². The van der Waals surface area contributed by atoms with Gasteiger partial charge in [-0.25, -0.2) is 4.79 Å². The first-order valence-corrected chi connectivity index (χ1v) is 10.7. The number of urea groups is 1. The summed E-state index contributed by atoms with van der Waals surface area (Å²) in [6, 6.07) is 23.6. The van der Waals surface area contributed by atoms with Crippen LogP contribution in [-0.4, -0.2) is 21.7 Å². The average molecular weight is 460 g/mol. The van der Waals surface area contributed by atoms with Gasteiger partial charge in [0.1, 0.15) is 5.69 Å². The SMILES string of the molecule is NC(=O)Nc1ccc(CNC(=O)c2cn(Cc3ccccc3)nc2-c2ccc(Cl)cc2)cc1. The Kier molecular flexibility index (Phi) is 6.71. The Labute approximate surface area is 196 Å². The van der Waals surface area contributed by atoms with Crippen molar-refractivity contribution in [2.24, 2.45) is 5.73 Å². The topological polar surface area (TPSA) is 102 Å². The Bertz CT molecular complexity index is 1250. The smallest absolute Gasteiger partial charge is 0.316 e. The standard InChI is InChI=1S/C25H22ClN5O2/c26-20-10-8-19(9-11-20)23-22(16-31(30-23)15-18-4-2-1-3-5-18)24(32)28-14-17-6-12-21(13-7-17)29-25(27)33/h1-13,16H,14-15H2,(H,28,32)(H3,27,29,33). The fraction of sp³-hybridized carbons (Fsp3) is 0.0800. The highest BCUT2D eigenvalue weighted by Crippen LogP contribution is 2.24. The van der Waals surface area contributed by atoms with Crippen LogP contribution in [0.2, 0.25) is 5.02 Å². The molecule has 0 bridgehead atoms. The van der Waals surface area contributed by atoms with E-state index in [4.69, 9.17) is 17.3 Å². The molecule has 8 heteroatoms. The summed E-state index contributed by atoms with van der Waals surface area (Å²) in [5.74, 6) is -0.237. The first-order chi connectivity index (χ1) is 16.0. The number of nitrogens with zero attached hydrogens (tertiary/aromatic N) is 2. The van der Waals surface area contributed by atoms with Crippen LogP contribution in [0.3, 0.4) is 0 Å². The number of amides is 3. The molecular formula is C25H22ClN5O2. The summed E-state index contributed by atoms with van der Waals surface area (Å²) in [5.41, 5.74) is 9.53. The average Bonchev–Trinajstić information content (AvgIpc) is 3.23.